The number of nitrogens with one attached hydrogen (secondary N) is 2. The average molecular weight is 305 g/mol. The maximum atomic E-state index is 3.99. The zero-order valence-electron chi connectivity index (χ0n) is 13.8. The number of benzene rings is 2. The molecule has 2 aromatic rings. The second kappa shape index (κ2) is 4.44. The van der Waals surface area contributed by atoms with E-state index in [0.29, 0.717) is 6.17 Å². The monoisotopic (exact) mass is 305 g/mol. The van der Waals surface area contributed by atoms with Gasteiger partial charge in [0.2, 0.25) is 0 Å². The van der Waals surface area contributed by atoms with E-state index < -0.39 is 0 Å². The smallest absolute Gasteiger partial charge is 0.0959 e. The van der Waals surface area contributed by atoms with Crippen LogP contribution in [-0.4, -0.2) is 18.8 Å². The summed E-state index contributed by atoms with van der Waals surface area (Å²) in [5.74, 6) is 0. The van der Waals surface area contributed by atoms with E-state index in [4.69, 9.17) is 0 Å². The first-order valence-corrected chi connectivity index (χ1v) is 8.65. The van der Waals surface area contributed by atoms with E-state index >= 15 is 0 Å². The Morgan fingerprint density at radius 3 is 2.52 bits per heavy atom. The highest BCUT2D eigenvalue weighted by Gasteiger charge is 2.41. The largest absolute Gasteiger partial charge is 0.377 e. The van der Waals surface area contributed by atoms with Crippen molar-refractivity contribution >= 4 is 17.1 Å². The fraction of sp³-hybridized carbons (Fsp3) is 0.400. The third kappa shape index (κ3) is 1.82. The van der Waals surface area contributed by atoms with Gasteiger partial charge >= 0.3 is 0 Å². The molecule has 1 atom stereocenters. The van der Waals surface area contributed by atoms with Gasteiger partial charge < -0.3 is 15.5 Å². The van der Waals surface area contributed by atoms with Crippen molar-refractivity contribution in [2.75, 3.05) is 22.6 Å². The van der Waals surface area contributed by atoms with Crippen molar-refractivity contribution in [3.05, 3.63) is 53.1 Å². The predicted molar refractivity (Wildman–Crippen MR) is 96.5 cm³/mol. The number of aryl methyl sites for hydroxylation is 1. The zero-order valence-corrected chi connectivity index (χ0v) is 13.8. The molecular formula is C20H23N3. The summed E-state index contributed by atoms with van der Waals surface area (Å²) in [6.45, 7) is 2.22. The molecule has 1 unspecified atom stereocenters. The van der Waals surface area contributed by atoms with E-state index in [2.05, 4.69) is 65.9 Å². The van der Waals surface area contributed by atoms with Crippen LogP contribution in [0.2, 0.25) is 0 Å². The van der Waals surface area contributed by atoms with Gasteiger partial charge in [0.25, 0.3) is 0 Å². The van der Waals surface area contributed by atoms with Crippen LogP contribution in [0.15, 0.2) is 36.4 Å². The lowest BCUT2D eigenvalue weighted by Crippen LogP contribution is -2.43. The molecule has 118 valence electrons. The van der Waals surface area contributed by atoms with Crippen molar-refractivity contribution in [1.82, 2.24) is 0 Å². The molecule has 0 fully saturated rings. The van der Waals surface area contributed by atoms with Crippen LogP contribution in [-0.2, 0) is 19.3 Å². The normalized spacial score (nSPS) is 23.0. The minimum absolute atomic E-state index is 0.207. The Morgan fingerprint density at radius 1 is 1.04 bits per heavy atom. The van der Waals surface area contributed by atoms with Gasteiger partial charge in [-0.25, -0.2) is 0 Å². The minimum Gasteiger partial charge on any atom is -0.377 e. The molecule has 3 aliphatic rings. The van der Waals surface area contributed by atoms with Crippen LogP contribution in [0, 0.1) is 0 Å². The molecular weight excluding hydrogens is 282 g/mol. The molecule has 0 saturated carbocycles. The summed E-state index contributed by atoms with van der Waals surface area (Å²) in [6, 6.07) is 13.5. The molecule has 2 N–H and O–H groups in total. The van der Waals surface area contributed by atoms with Crippen LogP contribution < -0.4 is 15.5 Å². The van der Waals surface area contributed by atoms with Crippen LogP contribution >= 0.6 is 0 Å². The zero-order chi connectivity index (χ0) is 15.6. The van der Waals surface area contributed by atoms with Gasteiger partial charge in [-0.3, -0.25) is 0 Å². The Bertz CT molecular complexity index is 770. The van der Waals surface area contributed by atoms with Crippen molar-refractivity contribution in [3.8, 4) is 0 Å². The highest BCUT2D eigenvalue weighted by atomic mass is 15.3. The molecule has 2 aliphatic heterocycles. The van der Waals surface area contributed by atoms with E-state index in [1.165, 1.54) is 46.6 Å². The van der Waals surface area contributed by atoms with Crippen molar-refractivity contribution < 1.29 is 0 Å². The van der Waals surface area contributed by atoms with Crippen molar-refractivity contribution in [1.29, 1.82) is 0 Å². The van der Waals surface area contributed by atoms with Gasteiger partial charge in [-0.2, -0.15) is 0 Å². The van der Waals surface area contributed by atoms with E-state index in [9.17, 15) is 0 Å². The molecule has 0 radical (unpaired) electrons. The average Bonchev–Trinajstić information content (AvgIpc) is 3.05. The summed E-state index contributed by atoms with van der Waals surface area (Å²) in [4.78, 5) is 2.36. The van der Waals surface area contributed by atoms with Crippen LogP contribution in [0.25, 0.3) is 0 Å². The van der Waals surface area contributed by atoms with Crippen molar-refractivity contribution in [2.45, 2.75) is 44.3 Å². The maximum absolute atomic E-state index is 3.99. The predicted octanol–water partition coefficient (Wildman–Crippen LogP) is 3.79. The van der Waals surface area contributed by atoms with Gasteiger partial charge in [-0.05, 0) is 55.4 Å². The lowest BCUT2D eigenvalue weighted by Gasteiger charge is -2.38. The molecule has 0 bridgehead atoms. The summed E-state index contributed by atoms with van der Waals surface area (Å²) in [5.41, 5.74) is 8.70. The molecule has 23 heavy (non-hydrogen) atoms. The van der Waals surface area contributed by atoms with Crippen LogP contribution in [0.1, 0.15) is 30.0 Å². The topological polar surface area (TPSA) is 27.3 Å². The summed E-state index contributed by atoms with van der Waals surface area (Å²) in [7, 11) is 2.19. The van der Waals surface area contributed by atoms with E-state index in [0.717, 1.165) is 12.8 Å². The maximum Gasteiger partial charge on any atom is 0.0959 e. The Morgan fingerprint density at radius 2 is 1.78 bits per heavy atom. The standard InChI is InChI=1S/C20H23N3/c1-13-21-17-8-7-14-9-10-20(22-18(14)19(17)23(13)2)11-15-5-3-4-6-16(15)12-20/h3-8,13,21-22H,9-12H2,1-2H3. The number of hydrogen-bond acceptors (Lipinski definition) is 3. The van der Waals surface area contributed by atoms with Gasteiger partial charge in [-0.1, -0.05) is 30.3 Å². The van der Waals surface area contributed by atoms with Gasteiger partial charge in [0.15, 0.2) is 0 Å². The molecule has 2 heterocycles. The molecule has 0 saturated heterocycles. The second-order valence-electron chi connectivity index (χ2n) is 7.45. The van der Waals surface area contributed by atoms with Gasteiger partial charge in [0, 0.05) is 12.6 Å². The fourth-order valence-corrected chi connectivity index (χ4v) is 4.64. The first kappa shape index (κ1) is 13.3. The summed E-state index contributed by atoms with van der Waals surface area (Å²) < 4.78 is 0. The van der Waals surface area contributed by atoms with Crippen LogP contribution in [0.5, 0.6) is 0 Å². The quantitative estimate of drug-likeness (QED) is 0.775. The molecule has 3 nitrogen and oxygen atoms in total. The molecule has 3 heteroatoms. The molecule has 2 aromatic carbocycles. The third-order valence-electron chi connectivity index (χ3n) is 6.00. The second-order valence-corrected chi connectivity index (χ2v) is 7.45. The minimum atomic E-state index is 0.207. The third-order valence-corrected chi connectivity index (χ3v) is 6.00. The first-order chi connectivity index (χ1) is 11.2. The van der Waals surface area contributed by atoms with Gasteiger partial charge in [0.05, 0.1) is 23.2 Å². The molecule has 0 aromatic heterocycles. The lowest BCUT2D eigenvalue weighted by atomic mass is 9.83. The Kier molecular flexibility index (Phi) is 2.56. The van der Waals surface area contributed by atoms with Crippen molar-refractivity contribution in [3.63, 3.8) is 0 Å². The van der Waals surface area contributed by atoms with E-state index in [1.807, 2.05) is 0 Å². The number of nitrogens with zero attached hydrogens (tertiary/aromatic N) is 1. The molecule has 1 spiro atoms. The Balaban J connectivity index is 1.56. The van der Waals surface area contributed by atoms with E-state index in [1.54, 1.807) is 0 Å². The van der Waals surface area contributed by atoms with Crippen LogP contribution in [0.3, 0.4) is 0 Å². The lowest BCUT2D eigenvalue weighted by molar-refractivity contribution is 0.440. The Labute approximate surface area is 137 Å². The SMILES string of the molecule is CC1Nc2ccc3c(c2N1C)NC1(CC3)Cc2ccccc2C1. The highest BCUT2D eigenvalue weighted by Crippen LogP contribution is 2.48. The Hall–Kier alpha value is -2.16. The summed E-state index contributed by atoms with van der Waals surface area (Å²) in [6.07, 6.45) is 5.06. The molecule has 0 amide bonds. The van der Waals surface area contributed by atoms with Gasteiger partial charge in [-0.15, -0.1) is 0 Å². The number of fused-ring (bicyclic) bond motifs is 4. The first-order valence-electron chi connectivity index (χ1n) is 8.65. The highest BCUT2D eigenvalue weighted by molar-refractivity contribution is 5.90. The molecule has 1 aliphatic carbocycles. The number of anilines is 3. The number of hydrogen-bond donors (Lipinski definition) is 2. The van der Waals surface area contributed by atoms with Crippen LogP contribution in [0.4, 0.5) is 17.1 Å². The van der Waals surface area contributed by atoms with Gasteiger partial charge in [0.1, 0.15) is 0 Å². The van der Waals surface area contributed by atoms with E-state index in [-0.39, 0.29) is 5.54 Å². The summed E-state index contributed by atoms with van der Waals surface area (Å²) >= 11 is 0. The molecule has 5 rings (SSSR count). The van der Waals surface area contributed by atoms with Crippen molar-refractivity contribution in [2.24, 2.45) is 0 Å². The summed E-state index contributed by atoms with van der Waals surface area (Å²) in [5, 5.41) is 7.57. The fourth-order valence-electron chi connectivity index (χ4n) is 4.64. The number of rotatable bonds is 0.